The largest absolute Gasteiger partial charge is 0.481 e. The Labute approximate surface area is 92.6 Å². The topological polar surface area (TPSA) is 92.4 Å². The lowest BCUT2D eigenvalue weighted by molar-refractivity contribution is -0.137. The SMILES string of the molecule is CCC(CC(=O)O)NC(=O)c1cnoc1C. The lowest BCUT2D eigenvalue weighted by atomic mass is 10.1. The van der Waals surface area contributed by atoms with Crippen LogP contribution in [0.2, 0.25) is 0 Å². The van der Waals surface area contributed by atoms with Gasteiger partial charge in [0.2, 0.25) is 0 Å². The van der Waals surface area contributed by atoms with Gasteiger partial charge in [-0.1, -0.05) is 12.1 Å². The van der Waals surface area contributed by atoms with Crippen LogP contribution in [0.5, 0.6) is 0 Å². The van der Waals surface area contributed by atoms with E-state index < -0.39 is 5.97 Å². The first-order valence-corrected chi connectivity index (χ1v) is 4.98. The van der Waals surface area contributed by atoms with E-state index in [1.807, 2.05) is 6.92 Å². The van der Waals surface area contributed by atoms with Crippen LogP contribution in [0.3, 0.4) is 0 Å². The quantitative estimate of drug-likeness (QED) is 0.780. The van der Waals surface area contributed by atoms with E-state index in [1.165, 1.54) is 6.20 Å². The maximum absolute atomic E-state index is 11.7. The summed E-state index contributed by atoms with van der Waals surface area (Å²) < 4.78 is 4.75. The molecule has 0 aromatic carbocycles. The molecule has 1 aromatic rings. The summed E-state index contributed by atoms with van der Waals surface area (Å²) in [5.41, 5.74) is 0.337. The van der Waals surface area contributed by atoms with Crippen molar-refractivity contribution in [2.45, 2.75) is 32.7 Å². The molecule has 1 amide bonds. The van der Waals surface area contributed by atoms with Gasteiger partial charge in [-0.25, -0.2) is 0 Å². The summed E-state index contributed by atoms with van der Waals surface area (Å²) in [6, 6.07) is -0.376. The molecule has 0 saturated carbocycles. The fourth-order valence-corrected chi connectivity index (χ4v) is 1.29. The Kier molecular flexibility index (Phi) is 4.04. The van der Waals surface area contributed by atoms with E-state index in [-0.39, 0.29) is 18.4 Å². The number of aromatic nitrogens is 1. The predicted octanol–water partition coefficient (Wildman–Crippen LogP) is 0.966. The molecule has 1 aromatic heterocycles. The highest BCUT2D eigenvalue weighted by Crippen LogP contribution is 2.07. The lowest BCUT2D eigenvalue weighted by Crippen LogP contribution is -2.36. The zero-order valence-electron chi connectivity index (χ0n) is 9.19. The van der Waals surface area contributed by atoms with Gasteiger partial charge < -0.3 is 14.9 Å². The molecule has 0 saturated heterocycles. The van der Waals surface area contributed by atoms with Gasteiger partial charge in [-0.15, -0.1) is 0 Å². The first kappa shape index (κ1) is 12.2. The Hall–Kier alpha value is -1.85. The van der Waals surface area contributed by atoms with Crippen LogP contribution in [0.15, 0.2) is 10.7 Å². The maximum atomic E-state index is 11.7. The summed E-state index contributed by atoms with van der Waals surface area (Å²) in [7, 11) is 0. The molecule has 1 atom stereocenters. The molecule has 1 unspecified atom stereocenters. The van der Waals surface area contributed by atoms with Crippen LogP contribution in [0.25, 0.3) is 0 Å². The van der Waals surface area contributed by atoms with Crippen molar-refractivity contribution in [3.05, 3.63) is 17.5 Å². The summed E-state index contributed by atoms with van der Waals surface area (Å²) in [6.45, 7) is 3.44. The third kappa shape index (κ3) is 3.08. The number of amides is 1. The minimum absolute atomic E-state index is 0.0907. The molecule has 0 fully saturated rings. The number of aryl methyl sites for hydroxylation is 1. The Morgan fingerprint density at radius 2 is 2.31 bits per heavy atom. The van der Waals surface area contributed by atoms with E-state index in [0.29, 0.717) is 17.7 Å². The second kappa shape index (κ2) is 5.29. The molecule has 16 heavy (non-hydrogen) atoms. The highest BCUT2D eigenvalue weighted by molar-refractivity contribution is 5.95. The summed E-state index contributed by atoms with van der Waals surface area (Å²) in [4.78, 5) is 22.2. The summed E-state index contributed by atoms with van der Waals surface area (Å²) >= 11 is 0. The molecule has 2 N–H and O–H groups in total. The van der Waals surface area contributed by atoms with Crippen LogP contribution >= 0.6 is 0 Å². The molecule has 0 aliphatic heterocycles. The molecule has 6 nitrogen and oxygen atoms in total. The van der Waals surface area contributed by atoms with Gasteiger partial charge in [-0.05, 0) is 13.3 Å². The Morgan fingerprint density at radius 1 is 1.62 bits per heavy atom. The van der Waals surface area contributed by atoms with Gasteiger partial charge in [-0.3, -0.25) is 9.59 Å². The molecule has 0 aliphatic carbocycles. The fourth-order valence-electron chi connectivity index (χ4n) is 1.29. The van der Waals surface area contributed by atoms with Gasteiger partial charge in [0.1, 0.15) is 11.3 Å². The number of carbonyl (C=O) groups excluding carboxylic acids is 1. The average Bonchev–Trinajstić information content (AvgIpc) is 2.62. The molecular formula is C10H14N2O4. The minimum atomic E-state index is -0.936. The second-order valence-electron chi connectivity index (χ2n) is 3.47. The van der Waals surface area contributed by atoms with E-state index in [4.69, 9.17) is 9.63 Å². The number of carbonyl (C=O) groups is 2. The number of hydrogen-bond donors (Lipinski definition) is 2. The fraction of sp³-hybridized carbons (Fsp3) is 0.500. The predicted molar refractivity (Wildman–Crippen MR) is 55.0 cm³/mol. The molecule has 1 heterocycles. The zero-order valence-corrected chi connectivity index (χ0v) is 9.19. The third-order valence-electron chi connectivity index (χ3n) is 2.24. The molecule has 1 rings (SSSR count). The first-order valence-electron chi connectivity index (χ1n) is 4.98. The third-order valence-corrected chi connectivity index (χ3v) is 2.24. The molecule has 6 heteroatoms. The Balaban J connectivity index is 2.62. The van der Waals surface area contributed by atoms with Gasteiger partial charge >= 0.3 is 5.97 Å². The first-order chi connectivity index (χ1) is 7.54. The van der Waals surface area contributed by atoms with Crippen molar-refractivity contribution in [2.75, 3.05) is 0 Å². The van der Waals surface area contributed by atoms with E-state index >= 15 is 0 Å². The van der Waals surface area contributed by atoms with Crippen LogP contribution < -0.4 is 5.32 Å². The van der Waals surface area contributed by atoms with E-state index in [9.17, 15) is 9.59 Å². The van der Waals surface area contributed by atoms with E-state index in [2.05, 4.69) is 10.5 Å². The molecular weight excluding hydrogens is 212 g/mol. The number of carboxylic acid groups (broad SMARTS) is 1. The Morgan fingerprint density at radius 3 is 2.75 bits per heavy atom. The molecule has 0 radical (unpaired) electrons. The van der Waals surface area contributed by atoms with Crippen molar-refractivity contribution in [3.63, 3.8) is 0 Å². The van der Waals surface area contributed by atoms with Crippen LogP contribution in [0.4, 0.5) is 0 Å². The van der Waals surface area contributed by atoms with Crippen LogP contribution in [-0.2, 0) is 4.79 Å². The van der Waals surface area contributed by atoms with Crippen molar-refractivity contribution >= 4 is 11.9 Å². The Bertz CT molecular complexity index is 386. The van der Waals surface area contributed by atoms with Crippen molar-refractivity contribution in [3.8, 4) is 0 Å². The summed E-state index contributed by atoms with van der Waals surface area (Å²) in [5, 5.41) is 14.7. The molecule has 0 spiro atoms. The lowest BCUT2D eigenvalue weighted by Gasteiger charge is -2.13. The van der Waals surface area contributed by atoms with Gasteiger partial charge in [0.15, 0.2) is 0 Å². The number of nitrogens with one attached hydrogen (secondary N) is 1. The second-order valence-corrected chi connectivity index (χ2v) is 3.47. The summed E-state index contributed by atoms with van der Waals surface area (Å²) in [6.07, 6.45) is 1.78. The number of hydrogen-bond acceptors (Lipinski definition) is 4. The van der Waals surface area contributed by atoms with Crippen molar-refractivity contribution < 1.29 is 19.2 Å². The highest BCUT2D eigenvalue weighted by Gasteiger charge is 2.18. The monoisotopic (exact) mass is 226 g/mol. The van der Waals surface area contributed by atoms with E-state index in [0.717, 1.165) is 0 Å². The van der Waals surface area contributed by atoms with Gasteiger partial charge in [0, 0.05) is 6.04 Å². The average molecular weight is 226 g/mol. The van der Waals surface area contributed by atoms with Gasteiger partial charge in [0.25, 0.3) is 5.91 Å². The number of nitrogens with zero attached hydrogens (tertiary/aromatic N) is 1. The van der Waals surface area contributed by atoms with Crippen LogP contribution in [0, 0.1) is 6.92 Å². The van der Waals surface area contributed by atoms with Crippen molar-refractivity contribution in [1.82, 2.24) is 10.5 Å². The summed E-state index contributed by atoms with van der Waals surface area (Å²) in [5.74, 6) is -0.872. The van der Waals surface area contributed by atoms with E-state index in [1.54, 1.807) is 6.92 Å². The highest BCUT2D eigenvalue weighted by atomic mass is 16.5. The van der Waals surface area contributed by atoms with Gasteiger partial charge in [-0.2, -0.15) is 0 Å². The molecule has 0 aliphatic rings. The maximum Gasteiger partial charge on any atom is 0.305 e. The van der Waals surface area contributed by atoms with Crippen LogP contribution in [0.1, 0.15) is 35.9 Å². The smallest absolute Gasteiger partial charge is 0.305 e. The minimum Gasteiger partial charge on any atom is -0.481 e. The normalized spacial score (nSPS) is 12.1. The molecule has 0 bridgehead atoms. The van der Waals surface area contributed by atoms with Crippen molar-refractivity contribution in [2.24, 2.45) is 0 Å². The molecule has 88 valence electrons. The number of carboxylic acids is 1. The zero-order chi connectivity index (χ0) is 12.1. The number of rotatable bonds is 5. The standard InChI is InChI=1S/C10H14N2O4/c1-3-7(4-9(13)14)12-10(15)8-5-11-16-6(8)2/h5,7H,3-4H2,1-2H3,(H,12,15)(H,13,14). The van der Waals surface area contributed by atoms with Gasteiger partial charge in [0.05, 0.1) is 12.6 Å². The number of aliphatic carboxylic acids is 1. The van der Waals surface area contributed by atoms with Crippen LogP contribution in [-0.4, -0.2) is 28.2 Å². The van der Waals surface area contributed by atoms with Crippen molar-refractivity contribution in [1.29, 1.82) is 0 Å².